The van der Waals surface area contributed by atoms with Crippen LogP contribution in [0.4, 0.5) is 5.82 Å². The van der Waals surface area contributed by atoms with Gasteiger partial charge in [0.15, 0.2) is 5.78 Å². The van der Waals surface area contributed by atoms with E-state index < -0.39 is 17.2 Å². The highest BCUT2D eigenvalue weighted by atomic mass is 16.2. The van der Waals surface area contributed by atoms with Crippen molar-refractivity contribution in [1.29, 1.82) is 0 Å². The number of rotatable bonds is 1. The molecule has 0 aromatic carbocycles. The molecular weight excluding hydrogens is 320 g/mol. The van der Waals surface area contributed by atoms with Crippen molar-refractivity contribution in [2.75, 3.05) is 5.32 Å². The molecule has 1 aliphatic carbocycles. The van der Waals surface area contributed by atoms with Gasteiger partial charge in [0.25, 0.3) is 5.56 Å². The second-order valence-electron chi connectivity index (χ2n) is 7.37. The van der Waals surface area contributed by atoms with Crippen LogP contribution in [-0.4, -0.2) is 20.7 Å². The Balaban J connectivity index is 2.01. The van der Waals surface area contributed by atoms with Gasteiger partial charge in [0.2, 0.25) is 0 Å². The van der Waals surface area contributed by atoms with Crippen molar-refractivity contribution in [2.24, 2.45) is 5.41 Å². The lowest BCUT2D eigenvalue weighted by atomic mass is 9.69. The highest BCUT2D eigenvalue weighted by Gasteiger charge is 2.42. The molecule has 128 valence electrons. The van der Waals surface area contributed by atoms with Crippen LogP contribution in [0, 0.1) is 5.41 Å². The lowest BCUT2D eigenvalue weighted by Gasteiger charge is -2.38. The Bertz CT molecular complexity index is 1010. The van der Waals surface area contributed by atoms with E-state index in [0.717, 1.165) is 11.3 Å². The topological polar surface area (TPSA) is 108 Å². The maximum atomic E-state index is 12.9. The Morgan fingerprint density at radius 3 is 2.68 bits per heavy atom. The first-order valence-electron chi connectivity index (χ1n) is 8.15. The summed E-state index contributed by atoms with van der Waals surface area (Å²) in [5.41, 5.74) is 1.21. The minimum Gasteiger partial charge on any atom is -0.344 e. The molecule has 7 heteroatoms. The Labute approximate surface area is 143 Å². The van der Waals surface area contributed by atoms with Gasteiger partial charge in [0.05, 0.1) is 5.56 Å². The van der Waals surface area contributed by atoms with Crippen LogP contribution in [0.25, 0.3) is 0 Å². The number of carbonyl (C=O) groups is 1. The summed E-state index contributed by atoms with van der Waals surface area (Å²) in [6.07, 6.45) is 4.38. The minimum atomic E-state index is -0.577. The van der Waals surface area contributed by atoms with E-state index in [-0.39, 0.29) is 11.2 Å². The number of nitrogens with one attached hydrogen (secondary N) is 3. The number of H-pyrrole nitrogens is 2. The number of hydrogen-bond acceptors (Lipinski definition) is 5. The highest BCUT2D eigenvalue weighted by Crippen LogP contribution is 2.46. The summed E-state index contributed by atoms with van der Waals surface area (Å²) in [5.74, 6) is -0.167. The summed E-state index contributed by atoms with van der Waals surface area (Å²) in [6.45, 7) is 4.07. The summed E-state index contributed by atoms with van der Waals surface area (Å²) < 4.78 is 0. The maximum absolute atomic E-state index is 12.9. The average molecular weight is 338 g/mol. The molecule has 3 N–H and O–H groups in total. The molecule has 0 amide bonds. The third-order valence-corrected chi connectivity index (χ3v) is 4.77. The van der Waals surface area contributed by atoms with E-state index in [4.69, 9.17) is 0 Å². The van der Waals surface area contributed by atoms with E-state index in [1.54, 1.807) is 18.5 Å². The van der Waals surface area contributed by atoms with Gasteiger partial charge in [-0.1, -0.05) is 19.9 Å². The van der Waals surface area contributed by atoms with Crippen LogP contribution in [0.5, 0.6) is 0 Å². The second-order valence-corrected chi connectivity index (χ2v) is 7.37. The highest BCUT2D eigenvalue weighted by molar-refractivity contribution is 6.01. The van der Waals surface area contributed by atoms with Gasteiger partial charge in [-0.25, -0.2) is 4.79 Å². The fourth-order valence-corrected chi connectivity index (χ4v) is 3.83. The smallest absolute Gasteiger partial charge is 0.327 e. The Morgan fingerprint density at radius 2 is 1.96 bits per heavy atom. The van der Waals surface area contributed by atoms with E-state index >= 15 is 0 Å². The van der Waals surface area contributed by atoms with Crippen molar-refractivity contribution in [2.45, 2.75) is 32.6 Å². The van der Waals surface area contributed by atoms with Crippen LogP contribution < -0.4 is 16.6 Å². The van der Waals surface area contributed by atoms with Crippen molar-refractivity contribution in [1.82, 2.24) is 15.0 Å². The molecule has 4 rings (SSSR count). The molecule has 2 aromatic rings. The number of aromatic nitrogens is 3. The van der Waals surface area contributed by atoms with Crippen LogP contribution in [0.2, 0.25) is 0 Å². The first-order chi connectivity index (χ1) is 11.9. The predicted octanol–water partition coefficient (Wildman–Crippen LogP) is 1.66. The predicted molar refractivity (Wildman–Crippen MR) is 92.4 cm³/mol. The van der Waals surface area contributed by atoms with E-state index in [2.05, 4.69) is 20.3 Å². The van der Waals surface area contributed by atoms with Gasteiger partial charge in [0.1, 0.15) is 5.82 Å². The van der Waals surface area contributed by atoms with E-state index in [1.807, 2.05) is 19.9 Å². The number of aromatic amines is 2. The van der Waals surface area contributed by atoms with Gasteiger partial charge in [-0.2, -0.15) is 0 Å². The van der Waals surface area contributed by atoms with Crippen molar-refractivity contribution in [3.8, 4) is 0 Å². The van der Waals surface area contributed by atoms with Gasteiger partial charge in [-0.3, -0.25) is 24.5 Å². The molecule has 1 aliphatic heterocycles. The molecule has 2 aliphatic rings. The zero-order valence-corrected chi connectivity index (χ0v) is 14.0. The first-order valence-corrected chi connectivity index (χ1v) is 8.15. The molecule has 0 fully saturated rings. The third-order valence-electron chi connectivity index (χ3n) is 4.77. The maximum Gasteiger partial charge on any atom is 0.327 e. The average Bonchev–Trinajstić information content (AvgIpc) is 2.52. The molecule has 0 saturated heterocycles. The summed E-state index contributed by atoms with van der Waals surface area (Å²) in [7, 11) is 0. The van der Waals surface area contributed by atoms with E-state index in [0.29, 0.717) is 29.8 Å². The normalized spacial score (nSPS) is 21.4. The quantitative estimate of drug-likeness (QED) is 0.733. The van der Waals surface area contributed by atoms with Crippen LogP contribution in [0.3, 0.4) is 0 Å². The molecule has 1 atom stereocenters. The fraction of sp³-hybridized carbons (Fsp3) is 0.333. The minimum absolute atomic E-state index is 0.0175. The lowest BCUT2D eigenvalue weighted by molar-refractivity contribution is -0.118. The molecule has 2 aromatic heterocycles. The van der Waals surface area contributed by atoms with Gasteiger partial charge in [-0.05, 0) is 23.5 Å². The Kier molecular flexibility index (Phi) is 3.28. The molecule has 25 heavy (non-hydrogen) atoms. The fourth-order valence-electron chi connectivity index (χ4n) is 3.83. The van der Waals surface area contributed by atoms with Crippen LogP contribution >= 0.6 is 0 Å². The summed E-state index contributed by atoms with van der Waals surface area (Å²) in [6, 6.07) is 3.61. The van der Waals surface area contributed by atoms with Crippen molar-refractivity contribution < 1.29 is 4.79 Å². The molecule has 1 unspecified atom stereocenters. The molecule has 0 bridgehead atoms. The molecule has 7 nitrogen and oxygen atoms in total. The molecule has 3 heterocycles. The van der Waals surface area contributed by atoms with Gasteiger partial charge >= 0.3 is 5.69 Å². The molecular formula is C18H18N4O3. The number of ketones is 1. The summed E-state index contributed by atoms with van der Waals surface area (Å²) in [4.78, 5) is 46.2. The van der Waals surface area contributed by atoms with Gasteiger partial charge < -0.3 is 5.32 Å². The number of carbonyl (C=O) groups excluding carboxylic acids is 1. The summed E-state index contributed by atoms with van der Waals surface area (Å²) in [5, 5.41) is 3.13. The van der Waals surface area contributed by atoms with E-state index in [9.17, 15) is 14.4 Å². The number of fused-ring (bicyclic) bond motifs is 1. The van der Waals surface area contributed by atoms with Crippen LogP contribution in [0.15, 0.2) is 45.4 Å². The zero-order valence-electron chi connectivity index (χ0n) is 14.0. The van der Waals surface area contributed by atoms with Crippen molar-refractivity contribution >= 4 is 11.6 Å². The monoisotopic (exact) mass is 338 g/mol. The second kappa shape index (κ2) is 5.27. The van der Waals surface area contributed by atoms with Crippen LogP contribution in [0.1, 0.15) is 43.7 Å². The zero-order chi connectivity index (χ0) is 17.8. The number of anilines is 1. The number of Topliss-reactive ketones (excluding diaryl/α,β-unsaturated/α-hetero) is 1. The van der Waals surface area contributed by atoms with Crippen molar-refractivity contribution in [3.05, 3.63) is 67.8 Å². The molecule has 0 radical (unpaired) electrons. The number of hydrogen-bond donors (Lipinski definition) is 3. The number of nitrogens with zero attached hydrogens (tertiary/aromatic N) is 1. The molecule has 0 saturated carbocycles. The number of pyridine rings is 1. The standard InChI is InChI=1S/C18H18N4O3/c1-18(2)6-10-13(11(23)7-18)12(9-4-3-5-19-8-9)14-15(20-10)21-17(25)22-16(14)24/h3-5,8,12H,6-7H2,1-2H3,(H3,20,21,22,24,25). The first kappa shape index (κ1) is 15.6. The summed E-state index contributed by atoms with van der Waals surface area (Å²) >= 11 is 0. The van der Waals surface area contributed by atoms with Gasteiger partial charge in [0, 0.05) is 36.0 Å². The SMILES string of the molecule is CC1(C)CC(=O)C2=C(C1)Nc1[nH]c(=O)[nH]c(=O)c1C2c1cccnc1. The third kappa shape index (κ3) is 2.52. The number of allylic oxidation sites excluding steroid dienone is 2. The van der Waals surface area contributed by atoms with Gasteiger partial charge in [-0.15, -0.1) is 0 Å². The Morgan fingerprint density at radius 1 is 1.16 bits per heavy atom. The lowest BCUT2D eigenvalue weighted by Crippen LogP contribution is -2.38. The van der Waals surface area contributed by atoms with E-state index in [1.165, 1.54) is 0 Å². The molecule has 0 spiro atoms. The Hall–Kier alpha value is -2.96. The van der Waals surface area contributed by atoms with Crippen LogP contribution in [-0.2, 0) is 4.79 Å². The largest absolute Gasteiger partial charge is 0.344 e. The van der Waals surface area contributed by atoms with Crippen molar-refractivity contribution in [3.63, 3.8) is 0 Å².